The maximum Gasteiger partial charge on any atom is 0.157 e. The Morgan fingerprint density at radius 2 is 2.31 bits per heavy atom. The number of aromatic nitrogens is 1. The average Bonchev–Trinajstić information content (AvgIpc) is 2.47. The van der Waals surface area contributed by atoms with E-state index in [1.807, 2.05) is 6.07 Å². The van der Waals surface area contributed by atoms with Crippen molar-refractivity contribution in [1.29, 1.82) is 0 Å². The predicted molar refractivity (Wildman–Crippen MR) is 50.0 cm³/mol. The topological polar surface area (TPSA) is 47.0 Å². The third-order valence-electron chi connectivity index (χ3n) is 2.38. The van der Waals surface area contributed by atoms with Crippen LogP contribution in [0.2, 0.25) is 0 Å². The highest BCUT2D eigenvalue weighted by molar-refractivity contribution is 7.91. The first-order valence-electron chi connectivity index (χ1n) is 4.32. The van der Waals surface area contributed by atoms with Crippen LogP contribution < -0.4 is 0 Å². The minimum absolute atomic E-state index is 0.304. The molecule has 0 radical (unpaired) electrons. The van der Waals surface area contributed by atoms with Crippen LogP contribution in [-0.2, 0) is 9.84 Å². The van der Waals surface area contributed by atoms with Crippen molar-refractivity contribution in [2.24, 2.45) is 0 Å². The summed E-state index contributed by atoms with van der Waals surface area (Å²) in [5, 5.41) is -0.304. The van der Waals surface area contributed by atoms with Crippen LogP contribution in [-0.4, -0.2) is 19.2 Å². The highest BCUT2D eigenvalue weighted by Crippen LogP contribution is 2.33. The van der Waals surface area contributed by atoms with Gasteiger partial charge in [0.05, 0.1) is 11.0 Å². The summed E-state index contributed by atoms with van der Waals surface area (Å²) in [5.41, 5.74) is 0.833. The highest BCUT2D eigenvalue weighted by atomic mass is 32.2. The average molecular weight is 197 g/mol. The van der Waals surface area contributed by atoms with Gasteiger partial charge in [-0.3, -0.25) is 4.98 Å². The minimum atomic E-state index is -2.88. The summed E-state index contributed by atoms with van der Waals surface area (Å²) in [7, 11) is -2.88. The molecule has 0 N–H and O–H groups in total. The van der Waals surface area contributed by atoms with Gasteiger partial charge in [0.2, 0.25) is 0 Å². The van der Waals surface area contributed by atoms with Crippen molar-refractivity contribution in [3.63, 3.8) is 0 Å². The van der Waals surface area contributed by atoms with Gasteiger partial charge in [0.1, 0.15) is 0 Å². The van der Waals surface area contributed by atoms with E-state index in [2.05, 4.69) is 4.98 Å². The first kappa shape index (κ1) is 8.69. The van der Waals surface area contributed by atoms with Gasteiger partial charge in [0.25, 0.3) is 0 Å². The summed E-state index contributed by atoms with van der Waals surface area (Å²) in [5.74, 6) is 0.326. The third kappa shape index (κ3) is 1.58. The smallest absolute Gasteiger partial charge is 0.157 e. The normalized spacial score (nSPS) is 26.0. The summed E-state index contributed by atoms with van der Waals surface area (Å²) >= 11 is 0. The Hall–Kier alpha value is -0.900. The molecule has 2 heterocycles. The van der Waals surface area contributed by atoms with Gasteiger partial charge < -0.3 is 0 Å². The van der Waals surface area contributed by atoms with E-state index in [-0.39, 0.29) is 5.25 Å². The van der Waals surface area contributed by atoms with E-state index < -0.39 is 9.84 Å². The lowest BCUT2D eigenvalue weighted by Crippen LogP contribution is -2.07. The van der Waals surface area contributed by atoms with Crippen molar-refractivity contribution >= 4 is 9.84 Å². The second kappa shape index (κ2) is 3.10. The standard InChI is InChI=1S/C9H11NO2S/c11-13(12)6-2-4-9(13)8-3-1-5-10-7-8/h1,3,5,7,9H,2,4,6H2. The van der Waals surface area contributed by atoms with E-state index in [0.29, 0.717) is 5.75 Å². The van der Waals surface area contributed by atoms with Crippen molar-refractivity contribution in [1.82, 2.24) is 4.98 Å². The number of nitrogens with zero attached hydrogens (tertiary/aromatic N) is 1. The van der Waals surface area contributed by atoms with Crippen LogP contribution in [0, 0.1) is 0 Å². The number of sulfone groups is 1. The molecule has 0 saturated carbocycles. The van der Waals surface area contributed by atoms with Gasteiger partial charge in [0, 0.05) is 12.4 Å². The third-order valence-corrected chi connectivity index (χ3v) is 4.62. The fraction of sp³-hybridized carbons (Fsp3) is 0.444. The highest BCUT2D eigenvalue weighted by Gasteiger charge is 2.32. The zero-order valence-corrected chi connectivity index (χ0v) is 8.00. The first-order chi connectivity index (χ1) is 6.20. The lowest BCUT2D eigenvalue weighted by molar-refractivity contribution is 0.592. The molecule has 1 atom stereocenters. The first-order valence-corrected chi connectivity index (χ1v) is 6.03. The van der Waals surface area contributed by atoms with Crippen molar-refractivity contribution in [2.45, 2.75) is 18.1 Å². The molecule has 1 aliphatic rings. The lowest BCUT2D eigenvalue weighted by Gasteiger charge is -2.07. The molecule has 70 valence electrons. The Balaban J connectivity index is 2.38. The molecule has 1 aromatic heterocycles. The summed E-state index contributed by atoms with van der Waals surface area (Å²) in [6, 6.07) is 3.61. The van der Waals surface area contributed by atoms with Crippen molar-refractivity contribution in [2.75, 3.05) is 5.75 Å². The SMILES string of the molecule is O=S1(=O)CCCC1c1cccnc1. The molecular weight excluding hydrogens is 186 g/mol. The quantitative estimate of drug-likeness (QED) is 0.682. The van der Waals surface area contributed by atoms with Gasteiger partial charge in [0.15, 0.2) is 9.84 Å². The summed E-state index contributed by atoms with van der Waals surface area (Å²) in [6.45, 7) is 0. The Kier molecular flexibility index (Phi) is 2.07. The van der Waals surface area contributed by atoms with E-state index in [1.165, 1.54) is 0 Å². The number of pyridine rings is 1. The van der Waals surface area contributed by atoms with E-state index in [0.717, 1.165) is 18.4 Å². The fourth-order valence-electron chi connectivity index (χ4n) is 1.73. The van der Waals surface area contributed by atoms with Crippen molar-refractivity contribution in [3.8, 4) is 0 Å². The molecule has 13 heavy (non-hydrogen) atoms. The second-order valence-electron chi connectivity index (χ2n) is 3.28. The van der Waals surface area contributed by atoms with Gasteiger partial charge in [-0.25, -0.2) is 8.42 Å². The van der Waals surface area contributed by atoms with Crippen LogP contribution in [0.25, 0.3) is 0 Å². The molecule has 0 aromatic carbocycles. The molecule has 0 aliphatic carbocycles. The summed E-state index contributed by atoms with van der Waals surface area (Å²) in [4.78, 5) is 3.93. The number of hydrogen-bond donors (Lipinski definition) is 0. The van der Waals surface area contributed by atoms with E-state index >= 15 is 0 Å². The fourth-order valence-corrected chi connectivity index (χ4v) is 3.67. The van der Waals surface area contributed by atoms with Crippen molar-refractivity contribution in [3.05, 3.63) is 30.1 Å². The Morgan fingerprint density at radius 3 is 2.85 bits per heavy atom. The van der Waals surface area contributed by atoms with E-state index in [4.69, 9.17) is 0 Å². The molecule has 2 rings (SSSR count). The van der Waals surface area contributed by atoms with E-state index in [1.54, 1.807) is 18.5 Å². The Bertz CT molecular complexity index is 385. The summed E-state index contributed by atoms with van der Waals surface area (Å²) in [6.07, 6.45) is 4.83. The molecule has 1 fully saturated rings. The second-order valence-corrected chi connectivity index (χ2v) is 5.59. The molecular formula is C9H11NO2S. The largest absolute Gasteiger partial charge is 0.264 e. The molecule has 1 unspecified atom stereocenters. The Morgan fingerprint density at radius 1 is 1.46 bits per heavy atom. The molecule has 0 spiro atoms. The lowest BCUT2D eigenvalue weighted by atomic mass is 10.1. The van der Waals surface area contributed by atoms with Crippen molar-refractivity contribution < 1.29 is 8.42 Å². The van der Waals surface area contributed by atoms with Gasteiger partial charge in [-0.1, -0.05) is 6.07 Å². The van der Waals surface area contributed by atoms with Gasteiger partial charge in [-0.2, -0.15) is 0 Å². The molecule has 3 nitrogen and oxygen atoms in total. The Labute approximate surface area is 77.7 Å². The molecule has 1 saturated heterocycles. The van der Waals surface area contributed by atoms with Crippen LogP contribution in [0.3, 0.4) is 0 Å². The predicted octanol–water partition coefficient (Wildman–Crippen LogP) is 1.33. The van der Waals surface area contributed by atoms with Crippen LogP contribution in [0.4, 0.5) is 0 Å². The van der Waals surface area contributed by atoms with Crippen LogP contribution in [0.1, 0.15) is 23.7 Å². The van der Waals surface area contributed by atoms with Gasteiger partial charge in [-0.05, 0) is 24.5 Å². The van der Waals surface area contributed by atoms with Gasteiger partial charge in [-0.15, -0.1) is 0 Å². The maximum atomic E-state index is 11.5. The maximum absolute atomic E-state index is 11.5. The van der Waals surface area contributed by atoms with Crippen LogP contribution >= 0.6 is 0 Å². The minimum Gasteiger partial charge on any atom is -0.264 e. The number of rotatable bonds is 1. The van der Waals surface area contributed by atoms with E-state index in [9.17, 15) is 8.42 Å². The molecule has 1 aromatic rings. The molecule has 0 amide bonds. The molecule has 0 bridgehead atoms. The molecule has 1 aliphatic heterocycles. The van der Waals surface area contributed by atoms with Gasteiger partial charge >= 0.3 is 0 Å². The van der Waals surface area contributed by atoms with Crippen LogP contribution in [0.15, 0.2) is 24.5 Å². The van der Waals surface area contributed by atoms with Crippen LogP contribution in [0.5, 0.6) is 0 Å². The number of hydrogen-bond acceptors (Lipinski definition) is 3. The summed E-state index contributed by atoms with van der Waals surface area (Å²) < 4.78 is 23.1. The zero-order chi connectivity index (χ0) is 9.31. The zero-order valence-electron chi connectivity index (χ0n) is 7.18. The monoisotopic (exact) mass is 197 g/mol. The molecule has 4 heteroatoms.